The largest absolute Gasteiger partial charge is 0.468 e. The summed E-state index contributed by atoms with van der Waals surface area (Å²) in [6.45, 7) is 2.94. The number of esters is 1. The quantitative estimate of drug-likeness (QED) is 0.809. The molecule has 1 atom stereocenters. The van der Waals surface area contributed by atoms with Gasteiger partial charge in [0.15, 0.2) is 0 Å². The van der Waals surface area contributed by atoms with Gasteiger partial charge in [-0.3, -0.25) is 0 Å². The normalized spacial score (nSPS) is 17.4. The number of ether oxygens (including phenoxy) is 1. The average molecular weight is 280 g/mol. The average Bonchev–Trinajstić information content (AvgIpc) is 3.28. The van der Waals surface area contributed by atoms with Crippen LogP contribution in [0.3, 0.4) is 0 Å². The van der Waals surface area contributed by atoms with Crippen LogP contribution in [0, 0.1) is 11.7 Å². The van der Waals surface area contributed by atoms with E-state index in [4.69, 9.17) is 10.5 Å². The molecule has 0 bridgehead atoms. The predicted octanol–water partition coefficient (Wildman–Crippen LogP) is 1.93. The Hall–Kier alpha value is -1.62. The summed E-state index contributed by atoms with van der Waals surface area (Å²) in [5.74, 6) is -0.541. The van der Waals surface area contributed by atoms with Crippen LogP contribution in [0.4, 0.5) is 10.1 Å². The second kappa shape index (κ2) is 5.79. The molecule has 5 heteroatoms. The zero-order valence-corrected chi connectivity index (χ0v) is 11.9. The summed E-state index contributed by atoms with van der Waals surface area (Å²) >= 11 is 0. The van der Waals surface area contributed by atoms with Crippen molar-refractivity contribution in [1.29, 1.82) is 0 Å². The van der Waals surface area contributed by atoms with Gasteiger partial charge in [0, 0.05) is 18.8 Å². The van der Waals surface area contributed by atoms with Gasteiger partial charge in [-0.15, -0.1) is 0 Å². The highest BCUT2D eigenvalue weighted by Gasteiger charge is 2.49. The SMILES string of the molecule is CCN(CC(N)(C(=O)OC)C1CC1)c1cccc(F)c1. The fourth-order valence-electron chi connectivity index (χ4n) is 2.52. The number of anilines is 1. The Labute approximate surface area is 118 Å². The van der Waals surface area contributed by atoms with Crippen LogP contribution in [-0.2, 0) is 9.53 Å². The van der Waals surface area contributed by atoms with E-state index < -0.39 is 11.5 Å². The summed E-state index contributed by atoms with van der Waals surface area (Å²) < 4.78 is 18.2. The molecule has 1 aromatic carbocycles. The summed E-state index contributed by atoms with van der Waals surface area (Å²) in [5.41, 5.74) is 6.01. The highest BCUT2D eigenvalue weighted by atomic mass is 19.1. The van der Waals surface area contributed by atoms with Crippen LogP contribution in [0.25, 0.3) is 0 Å². The lowest BCUT2D eigenvalue weighted by atomic mass is 9.93. The minimum Gasteiger partial charge on any atom is -0.468 e. The Kier molecular flexibility index (Phi) is 4.28. The molecule has 0 amide bonds. The lowest BCUT2D eigenvalue weighted by molar-refractivity contribution is -0.147. The lowest BCUT2D eigenvalue weighted by Gasteiger charge is -2.34. The molecule has 1 aromatic rings. The van der Waals surface area contributed by atoms with E-state index in [2.05, 4.69) is 0 Å². The molecule has 1 aliphatic carbocycles. The number of hydrogen-bond donors (Lipinski definition) is 1. The summed E-state index contributed by atoms with van der Waals surface area (Å²) in [4.78, 5) is 13.9. The first kappa shape index (κ1) is 14.8. The van der Waals surface area contributed by atoms with Crippen LogP contribution in [0.15, 0.2) is 24.3 Å². The number of rotatable bonds is 6. The van der Waals surface area contributed by atoms with E-state index >= 15 is 0 Å². The maximum Gasteiger partial charge on any atom is 0.327 e. The minimum absolute atomic E-state index is 0.151. The number of hydrogen-bond acceptors (Lipinski definition) is 4. The van der Waals surface area contributed by atoms with Gasteiger partial charge in [-0.05, 0) is 43.9 Å². The maximum atomic E-state index is 13.3. The molecule has 1 saturated carbocycles. The molecule has 2 rings (SSSR count). The second-order valence-corrected chi connectivity index (χ2v) is 5.30. The van der Waals surface area contributed by atoms with E-state index in [1.807, 2.05) is 17.9 Å². The van der Waals surface area contributed by atoms with Crippen LogP contribution in [0.5, 0.6) is 0 Å². The molecular weight excluding hydrogens is 259 g/mol. The number of benzene rings is 1. The number of nitrogens with two attached hydrogens (primary N) is 1. The molecule has 1 unspecified atom stereocenters. The molecule has 20 heavy (non-hydrogen) atoms. The standard InChI is InChI=1S/C15H21FN2O2/c1-3-18(13-6-4-5-12(16)9-13)10-15(17,11-7-8-11)14(19)20-2/h4-6,9,11H,3,7-8,10,17H2,1-2H3. The molecule has 0 radical (unpaired) electrons. The van der Waals surface area contributed by atoms with Gasteiger partial charge in [0.25, 0.3) is 0 Å². The third kappa shape index (κ3) is 2.93. The number of halogens is 1. The molecule has 1 fully saturated rings. The topological polar surface area (TPSA) is 55.6 Å². The molecule has 0 heterocycles. The number of nitrogens with zero attached hydrogens (tertiary/aromatic N) is 1. The number of carbonyl (C=O) groups is 1. The van der Waals surface area contributed by atoms with Crippen molar-refractivity contribution >= 4 is 11.7 Å². The highest BCUT2D eigenvalue weighted by molar-refractivity contribution is 5.82. The molecule has 1 aliphatic rings. The first-order valence-corrected chi connectivity index (χ1v) is 6.89. The fourth-order valence-corrected chi connectivity index (χ4v) is 2.52. The predicted molar refractivity (Wildman–Crippen MR) is 75.9 cm³/mol. The van der Waals surface area contributed by atoms with Gasteiger partial charge >= 0.3 is 5.97 Å². The Morgan fingerprint density at radius 3 is 2.75 bits per heavy atom. The summed E-state index contributed by atoms with van der Waals surface area (Å²) in [6, 6.07) is 6.32. The van der Waals surface area contributed by atoms with Crippen LogP contribution in [0.2, 0.25) is 0 Å². The van der Waals surface area contributed by atoms with Crippen LogP contribution >= 0.6 is 0 Å². The van der Waals surface area contributed by atoms with Crippen molar-refractivity contribution in [3.8, 4) is 0 Å². The molecule has 0 spiro atoms. The third-order valence-electron chi connectivity index (χ3n) is 3.88. The zero-order chi connectivity index (χ0) is 14.8. The molecule has 0 aromatic heterocycles. The van der Waals surface area contributed by atoms with Gasteiger partial charge in [0.2, 0.25) is 0 Å². The number of likely N-dealkylation sites (N-methyl/N-ethyl adjacent to an activating group) is 1. The zero-order valence-electron chi connectivity index (χ0n) is 11.9. The third-order valence-corrected chi connectivity index (χ3v) is 3.88. The van der Waals surface area contributed by atoms with E-state index in [0.29, 0.717) is 13.1 Å². The van der Waals surface area contributed by atoms with Crippen LogP contribution < -0.4 is 10.6 Å². The second-order valence-electron chi connectivity index (χ2n) is 5.30. The van der Waals surface area contributed by atoms with Crippen molar-refractivity contribution in [2.75, 3.05) is 25.1 Å². The van der Waals surface area contributed by atoms with Crippen molar-refractivity contribution < 1.29 is 13.9 Å². The van der Waals surface area contributed by atoms with Gasteiger partial charge in [-0.2, -0.15) is 0 Å². The molecule has 0 aliphatic heterocycles. The summed E-state index contributed by atoms with van der Waals surface area (Å²) in [6.07, 6.45) is 1.87. The smallest absolute Gasteiger partial charge is 0.327 e. The highest BCUT2D eigenvalue weighted by Crippen LogP contribution is 2.40. The number of methoxy groups -OCH3 is 1. The van der Waals surface area contributed by atoms with E-state index in [1.165, 1.54) is 19.2 Å². The fraction of sp³-hybridized carbons (Fsp3) is 0.533. The van der Waals surface area contributed by atoms with Crippen LogP contribution in [0.1, 0.15) is 19.8 Å². The van der Waals surface area contributed by atoms with E-state index in [9.17, 15) is 9.18 Å². The van der Waals surface area contributed by atoms with Gasteiger partial charge < -0.3 is 15.4 Å². The van der Waals surface area contributed by atoms with Crippen molar-refractivity contribution in [2.45, 2.75) is 25.3 Å². The van der Waals surface area contributed by atoms with Gasteiger partial charge in [0.1, 0.15) is 11.4 Å². The van der Waals surface area contributed by atoms with Crippen LogP contribution in [-0.4, -0.2) is 31.7 Å². The van der Waals surface area contributed by atoms with Crippen molar-refractivity contribution in [3.05, 3.63) is 30.1 Å². The minimum atomic E-state index is -1.02. The van der Waals surface area contributed by atoms with Gasteiger partial charge in [-0.25, -0.2) is 9.18 Å². The molecule has 4 nitrogen and oxygen atoms in total. The first-order chi connectivity index (χ1) is 9.51. The molecule has 2 N–H and O–H groups in total. The lowest BCUT2D eigenvalue weighted by Crippen LogP contribution is -2.58. The Morgan fingerprint density at radius 1 is 1.55 bits per heavy atom. The Bertz CT molecular complexity index is 491. The number of carbonyl (C=O) groups excluding carboxylic acids is 1. The van der Waals surface area contributed by atoms with E-state index in [0.717, 1.165) is 18.5 Å². The van der Waals surface area contributed by atoms with Gasteiger partial charge in [-0.1, -0.05) is 6.07 Å². The van der Waals surface area contributed by atoms with E-state index in [1.54, 1.807) is 6.07 Å². The Morgan fingerprint density at radius 2 is 2.25 bits per heavy atom. The molecule has 110 valence electrons. The van der Waals surface area contributed by atoms with E-state index in [-0.39, 0.29) is 11.7 Å². The van der Waals surface area contributed by atoms with Crippen molar-refractivity contribution in [2.24, 2.45) is 11.7 Å². The maximum absolute atomic E-state index is 13.3. The van der Waals surface area contributed by atoms with Gasteiger partial charge in [0.05, 0.1) is 7.11 Å². The van der Waals surface area contributed by atoms with Crippen molar-refractivity contribution in [3.63, 3.8) is 0 Å². The van der Waals surface area contributed by atoms with Crippen molar-refractivity contribution in [1.82, 2.24) is 0 Å². The first-order valence-electron chi connectivity index (χ1n) is 6.89. The summed E-state index contributed by atoms with van der Waals surface area (Å²) in [5, 5.41) is 0. The summed E-state index contributed by atoms with van der Waals surface area (Å²) in [7, 11) is 1.35. The monoisotopic (exact) mass is 280 g/mol. The molecule has 0 saturated heterocycles. The Balaban J connectivity index is 2.21. The molecular formula is C15H21FN2O2.